The van der Waals surface area contributed by atoms with Gasteiger partial charge in [0.25, 0.3) is 5.91 Å². The second kappa shape index (κ2) is 14.6. The maximum absolute atomic E-state index is 13.5. The molecule has 1 aliphatic rings. The van der Waals surface area contributed by atoms with Crippen LogP contribution in [0.25, 0.3) is 10.8 Å². The zero-order valence-corrected chi connectivity index (χ0v) is 24.5. The maximum atomic E-state index is 13.5. The summed E-state index contributed by atoms with van der Waals surface area (Å²) >= 11 is 0. The molecule has 4 N–H and O–H groups in total. The molecule has 220 valence electrons. The topological polar surface area (TPSA) is 120 Å². The standard InChI is InChI=1S/C31H46N4O5/c1-21(2)19-32-14-8-9-15-33-28(37)26(17-22-12-13-23-10-6-7-11-24(23)16-22)34-29(38)27-18-25(36)20-35(27)30(39)31(3,4)40-5/h6-7,10-13,16,21,25-27,32,36H,8-9,14-15,17-20H2,1-5H3,(H,33,37)(H,34,38)/t25-,26-,27?/m1/s1. The average molecular weight is 555 g/mol. The van der Waals surface area contributed by atoms with E-state index < -0.39 is 29.7 Å². The molecule has 0 bridgehead atoms. The van der Waals surface area contributed by atoms with Gasteiger partial charge in [-0.15, -0.1) is 0 Å². The van der Waals surface area contributed by atoms with Gasteiger partial charge < -0.3 is 30.7 Å². The molecule has 2 aromatic rings. The molecule has 3 rings (SSSR count). The smallest absolute Gasteiger partial charge is 0.254 e. The molecule has 9 nitrogen and oxygen atoms in total. The number of aliphatic hydroxyl groups excluding tert-OH is 1. The zero-order chi connectivity index (χ0) is 29.3. The monoisotopic (exact) mass is 554 g/mol. The minimum absolute atomic E-state index is 0.0378. The van der Waals surface area contributed by atoms with Crippen molar-refractivity contribution < 1.29 is 24.2 Å². The molecule has 1 aliphatic heterocycles. The fourth-order valence-corrected chi connectivity index (χ4v) is 4.90. The van der Waals surface area contributed by atoms with E-state index in [0.29, 0.717) is 18.9 Å². The van der Waals surface area contributed by atoms with Crippen molar-refractivity contribution >= 4 is 28.5 Å². The number of fused-ring (bicyclic) bond motifs is 1. The number of hydrogen-bond donors (Lipinski definition) is 4. The van der Waals surface area contributed by atoms with Crippen molar-refractivity contribution in [3.05, 3.63) is 48.0 Å². The number of β-amino-alcohol motifs (C(OH)–C–C–N with tert-alkyl or cyclic N) is 1. The maximum Gasteiger partial charge on any atom is 0.254 e. The lowest BCUT2D eigenvalue weighted by molar-refractivity contribution is -0.154. The fraction of sp³-hybridized carbons (Fsp3) is 0.581. The van der Waals surface area contributed by atoms with E-state index in [0.717, 1.165) is 42.3 Å². The Labute approximate surface area is 238 Å². The van der Waals surface area contributed by atoms with Crippen molar-refractivity contribution in [2.75, 3.05) is 33.3 Å². The van der Waals surface area contributed by atoms with Gasteiger partial charge in [-0.25, -0.2) is 0 Å². The van der Waals surface area contributed by atoms with Crippen molar-refractivity contribution in [2.24, 2.45) is 5.92 Å². The lowest BCUT2D eigenvalue weighted by Gasteiger charge is -2.32. The van der Waals surface area contributed by atoms with Crippen LogP contribution in [0.4, 0.5) is 0 Å². The van der Waals surface area contributed by atoms with E-state index >= 15 is 0 Å². The number of ether oxygens (including phenoxy) is 1. The van der Waals surface area contributed by atoms with Gasteiger partial charge in [0, 0.05) is 33.0 Å². The number of amides is 3. The molecule has 0 saturated carbocycles. The SMILES string of the molecule is COC(C)(C)C(=O)N1C[C@H](O)CC1C(=O)N[C@H](Cc1ccc2ccccc2c1)C(=O)NCCCCNCC(C)C. The van der Waals surface area contributed by atoms with E-state index in [1.165, 1.54) is 12.0 Å². The summed E-state index contributed by atoms with van der Waals surface area (Å²) in [6, 6.07) is 12.3. The van der Waals surface area contributed by atoms with Gasteiger partial charge in [0.05, 0.1) is 6.10 Å². The van der Waals surface area contributed by atoms with Crippen molar-refractivity contribution in [3.8, 4) is 0 Å². The predicted molar refractivity (Wildman–Crippen MR) is 157 cm³/mol. The van der Waals surface area contributed by atoms with Crippen LogP contribution in [0.15, 0.2) is 42.5 Å². The highest BCUT2D eigenvalue weighted by atomic mass is 16.5. The van der Waals surface area contributed by atoms with Crippen LogP contribution in [0, 0.1) is 5.92 Å². The normalized spacial score (nSPS) is 18.2. The molecule has 2 aromatic carbocycles. The molecule has 1 unspecified atom stereocenters. The van der Waals surface area contributed by atoms with Crippen molar-refractivity contribution in [1.29, 1.82) is 0 Å². The summed E-state index contributed by atoms with van der Waals surface area (Å²) in [4.78, 5) is 41.3. The van der Waals surface area contributed by atoms with Gasteiger partial charge in [0.1, 0.15) is 17.7 Å². The number of aliphatic hydroxyl groups is 1. The van der Waals surface area contributed by atoms with Gasteiger partial charge in [-0.05, 0) is 62.0 Å². The van der Waals surface area contributed by atoms with E-state index in [4.69, 9.17) is 4.74 Å². The summed E-state index contributed by atoms with van der Waals surface area (Å²) in [6.45, 7) is 9.97. The summed E-state index contributed by atoms with van der Waals surface area (Å²) in [5, 5.41) is 21.7. The highest BCUT2D eigenvalue weighted by molar-refractivity contribution is 5.94. The number of benzene rings is 2. The summed E-state index contributed by atoms with van der Waals surface area (Å²) in [6.07, 6.45) is 1.32. The highest BCUT2D eigenvalue weighted by Gasteiger charge is 2.44. The van der Waals surface area contributed by atoms with Gasteiger partial charge in [0.2, 0.25) is 11.8 Å². The zero-order valence-electron chi connectivity index (χ0n) is 24.5. The van der Waals surface area contributed by atoms with Gasteiger partial charge in [0.15, 0.2) is 0 Å². The van der Waals surface area contributed by atoms with E-state index in [1.807, 2.05) is 42.5 Å². The third-order valence-electron chi connectivity index (χ3n) is 7.39. The second-order valence-corrected chi connectivity index (χ2v) is 11.6. The average Bonchev–Trinajstić information content (AvgIpc) is 3.32. The number of nitrogens with zero attached hydrogens (tertiary/aromatic N) is 1. The summed E-state index contributed by atoms with van der Waals surface area (Å²) in [5.74, 6) is -0.527. The van der Waals surface area contributed by atoms with Crippen LogP contribution in [-0.4, -0.2) is 84.8 Å². The number of nitrogens with one attached hydrogen (secondary N) is 3. The molecule has 1 fully saturated rings. The number of likely N-dealkylation sites (tertiary alicyclic amines) is 1. The quantitative estimate of drug-likeness (QED) is 0.266. The van der Waals surface area contributed by atoms with Gasteiger partial charge in [-0.1, -0.05) is 56.3 Å². The number of unbranched alkanes of at least 4 members (excludes halogenated alkanes) is 1. The molecular formula is C31H46N4O5. The molecule has 3 atom stereocenters. The Morgan fingerprint density at radius 2 is 1.77 bits per heavy atom. The Bertz CT molecular complexity index is 1150. The van der Waals surface area contributed by atoms with Crippen molar-refractivity contribution in [3.63, 3.8) is 0 Å². The Kier molecular flexibility index (Phi) is 11.5. The van der Waals surface area contributed by atoms with Crippen molar-refractivity contribution in [2.45, 2.75) is 77.2 Å². The number of carbonyl (C=O) groups is 3. The number of methoxy groups -OCH3 is 1. The minimum atomic E-state index is -1.14. The number of carbonyl (C=O) groups excluding carboxylic acids is 3. The van der Waals surface area contributed by atoms with Crippen LogP contribution >= 0.6 is 0 Å². The molecule has 40 heavy (non-hydrogen) atoms. The molecule has 9 heteroatoms. The largest absolute Gasteiger partial charge is 0.391 e. The Balaban J connectivity index is 1.71. The third-order valence-corrected chi connectivity index (χ3v) is 7.39. The summed E-state index contributed by atoms with van der Waals surface area (Å²) in [7, 11) is 1.43. The van der Waals surface area contributed by atoms with E-state index in [-0.39, 0.29) is 24.8 Å². The lowest BCUT2D eigenvalue weighted by atomic mass is 10.0. The highest BCUT2D eigenvalue weighted by Crippen LogP contribution is 2.24. The van der Waals surface area contributed by atoms with Crippen molar-refractivity contribution in [1.82, 2.24) is 20.9 Å². The molecule has 3 amide bonds. The van der Waals surface area contributed by atoms with Gasteiger partial charge in [-0.2, -0.15) is 0 Å². The minimum Gasteiger partial charge on any atom is -0.391 e. The second-order valence-electron chi connectivity index (χ2n) is 11.6. The fourth-order valence-electron chi connectivity index (χ4n) is 4.90. The molecule has 0 aromatic heterocycles. The van der Waals surface area contributed by atoms with Crippen LogP contribution in [0.5, 0.6) is 0 Å². The van der Waals surface area contributed by atoms with E-state index in [2.05, 4.69) is 29.8 Å². The molecule has 1 heterocycles. The van der Waals surface area contributed by atoms with Crippen LogP contribution in [0.1, 0.15) is 52.5 Å². The predicted octanol–water partition coefficient (Wildman–Crippen LogP) is 2.40. The summed E-state index contributed by atoms with van der Waals surface area (Å²) < 4.78 is 5.33. The summed E-state index contributed by atoms with van der Waals surface area (Å²) in [5.41, 5.74) is -0.231. The van der Waals surface area contributed by atoms with E-state index in [9.17, 15) is 19.5 Å². The molecule has 1 saturated heterocycles. The van der Waals surface area contributed by atoms with Crippen LogP contribution in [0.2, 0.25) is 0 Å². The Morgan fingerprint density at radius 1 is 1.07 bits per heavy atom. The third kappa shape index (κ3) is 8.74. The number of rotatable bonds is 14. The first-order chi connectivity index (χ1) is 19.0. The Hall–Kier alpha value is -3.01. The first-order valence-electron chi connectivity index (χ1n) is 14.3. The first-order valence-corrected chi connectivity index (χ1v) is 14.3. The van der Waals surface area contributed by atoms with E-state index in [1.54, 1.807) is 13.8 Å². The van der Waals surface area contributed by atoms with Crippen LogP contribution in [0.3, 0.4) is 0 Å². The first kappa shape index (κ1) is 31.5. The molecule has 0 aliphatic carbocycles. The van der Waals surface area contributed by atoms with Crippen LogP contribution < -0.4 is 16.0 Å². The van der Waals surface area contributed by atoms with Gasteiger partial charge in [-0.3, -0.25) is 14.4 Å². The number of hydrogen-bond acceptors (Lipinski definition) is 6. The molecule has 0 radical (unpaired) electrons. The van der Waals surface area contributed by atoms with Gasteiger partial charge >= 0.3 is 0 Å². The van der Waals surface area contributed by atoms with Crippen LogP contribution in [-0.2, 0) is 25.5 Å². The Morgan fingerprint density at radius 3 is 2.48 bits per heavy atom. The molecular weight excluding hydrogens is 508 g/mol. The lowest BCUT2D eigenvalue weighted by Crippen LogP contribution is -2.56. The molecule has 0 spiro atoms.